The molecule has 3 heterocycles. The summed E-state index contributed by atoms with van der Waals surface area (Å²) < 4.78 is 16.7. The normalized spacial score (nSPS) is 19.8. The highest BCUT2D eigenvalue weighted by molar-refractivity contribution is 5.78. The zero-order chi connectivity index (χ0) is 20.1. The topological polar surface area (TPSA) is 119 Å². The molecule has 1 aliphatic rings. The second-order valence-electron chi connectivity index (χ2n) is 7.25. The lowest BCUT2D eigenvalue weighted by Gasteiger charge is -2.29. The van der Waals surface area contributed by atoms with E-state index in [9.17, 15) is 19.1 Å². The molecule has 9 nitrogen and oxygen atoms in total. The van der Waals surface area contributed by atoms with Gasteiger partial charge in [0.1, 0.15) is 17.7 Å². The second-order valence-corrected chi connectivity index (χ2v) is 7.25. The maximum absolute atomic E-state index is 13.7. The van der Waals surface area contributed by atoms with E-state index in [0.717, 1.165) is 12.8 Å². The minimum atomic E-state index is -0.915. The summed E-state index contributed by atoms with van der Waals surface area (Å²) in [7, 11) is 0. The summed E-state index contributed by atoms with van der Waals surface area (Å²) in [6.07, 6.45) is 5.72. The summed E-state index contributed by atoms with van der Waals surface area (Å²) in [5.74, 6) is -1.75. The number of hydrogen-bond acceptors (Lipinski definition) is 5. The molecule has 2 atom stereocenters. The van der Waals surface area contributed by atoms with Crippen LogP contribution in [-0.2, 0) is 4.79 Å². The van der Waals surface area contributed by atoms with Crippen molar-refractivity contribution < 1.29 is 14.3 Å². The number of fused-ring (bicyclic) bond motifs is 2. The van der Waals surface area contributed by atoms with Crippen LogP contribution >= 0.6 is 0 Å². The number of carboxylic acid groups (broad SMARTS) is 1. The molecule has 148 valence electrons. The Kier molecular flexibility index (Phi) is 3.93. The van der Waals surface area contributed by atoms with E-state index in [2.05, 4.69) is 19.9 Å². The van der Waals surface area contributed by atoms with Crippen LogP contribution in [0.1, 0.15) is 31.7 Å². The highest BCUT2D eigenvalue weighted by atomic mass is 19.1. The van der Waals surface area contributed by atoms with E-state index in [4.69, 9.17) is 0 Å². The minimum absolute atomic E-state index is 0.223. The number of carboxylic acids is 1. The van der Waals surface area contributed by atoms with Gasteiger partial charge in [-0.1, -0.05) is 12.8 Å². The summed E-state index contributed by atoms with van der Waals surface area (Å²) in [6.45, 7) is 0. The predicted octanol–water partition coefficient (Wildman–Crippen LogP) is 2.41. The third kappa shape index (κ3) is 2.79. The summed E-state index contributed by atoms with van der Waals surface area (Å²) in [4.78, 5) is 40.1. The number of imidazole rings is 2. The largest absolute Gasteiger partial charge is 0.481 e. The van der Waals surface area contributed by atoms with Gasteiger partial charge in [-0.2, -0.15) is 4.98 Å². The smallest absolute Gasteiger partial charge is 0.328 e. The van der Waals surface area contributed by atoms with Crippen molar-refractivity contribution in [2.45, 2.75) is 31.7 Å². The number of aromatic amines is 1. The number of rotatable bonds is 3. The first-order chi connectivity index (χ1) is 14.0. The van der Waals surface area contributed by atoms with Crippen LogP contribution in [0.25, 0.3) is 28.1 Å². The molecule has 1 aliphatic carbocycles. The first kappa shape index (κ1) is 17.5. The second kappa shape index (κ2) is 6.50. The van der Waals surface area contributed by atoms with E-state index < -0.39 is 29.4 Å². The van der Waals surface area contributed by atoms with Crippen LogP contribution < -0.4 is 5.69 Å². The molecule has 0 radical (unpaired) electrons. The molecule has 2 unspecified atom stereocenters. The standard InChI is InChI=1S/C19H17FN6O3/c20-10-5-6-12-15(7-10)25(9-22-12)18-21-8-13-16(24-18)26(19(29)23-13)14-4-2-1-3-11(14)17(27)28/h5-9,11,14H,1-4H2,(H,23,29)(H,27,28). The third-order valence-electron chi connectivity index (χ3n) is 5.55. The van der Waals surface area contributed by atoms with Gasteiger partial charge in [0.25, 0.3) is 0 Å². The molecule has 0 bridgehead atoms. The third-order valence-corrected chi connectivity index (χ3v) is 5.55. The maximum atomic E-state index is 13.7. The van der Waals surface area contributed by atoms with E-state index in [1.807, 2.05) is 0 Å². The van der Waals surface area contributed by atoms with Crippen molar-refractivity contribution in [1.29, 1.82) is 0 Å². The monoisotopic (exact) mass is 396 g/mol. The fourth-order valence-electron chi connectivity index (χ4n) is 4.18. The number of hydrogen-bond donors (Lipinski definition) is 2. The molecule has 29 heavy (non-hydrogen) atoms. The van der Waals surface area contributed by atoms with Crippen molar-refractivity contribution in [2.75, 3.05) is 0 Å². The van der Waals surface area contributed by atoms with Gasteiger partial charge < -0.3 is 10.1 Å². The van der Waals surface area contributed by atoms with Crippen LogP contribution in [0.15, 0.2) is 35.5 Å². The molecular formula is C19H17FN6O3. The summed E-state index contributed by atoms with van der Waals surface area (Å²) in [5, 5.41) is 9.61. The van der Waals surface area contributed by atoms with Crippen molar-refractivity contribution in [3.8, 4) is 5.95 Å². The zero-order valence-corrected chi connectivity index (χ0v) is 15.2. The summed E-state index contributed by atoms with van der Waals surface area (Å²) in [6, 6.07) is 3.73. The predicted molar refractivity (Wildman–Crippen MR) is 101 cm³/mol. The molecule has 1 saturated carbocycles. The minimum Gasteiger partial charge on any atom is -0.481 e. The number of halogens is 1. The van der Waals surface area contributed by atoms with Gasteiger partial charge in [-0.3, -0.25) is 13.9 Å². The maximum Gasteiger partial charge on any atom is 0.328 e. The van der Waals surface area contributed by atoms with Gasteiger partial charge in [0.2, 0.25) is 5.95 Å². The molecular weight excluding hydrogens is 379 g/mol. The van der Waals surface area contributed by atoms with E-state index in [-0.39, 0.29) is 5.95 Å². The van der Waals surface area contributed by atoms with E-state index in [1.54, 1.807) is 6.07 Å². The number of benzene rings is 1. The van der Waals surface area contributed by atoms with Crippen LogP contribution in [0.5, 0.6) is 0 Å². The van der Waals surface area contributed by atoms with Gasteiger partial charge in [-0.25, -0.2) is 19.2 Å². The number of nitrogens with one attached hydrogen (secondary N) is 1. The van der Waals surface area contributed by atoms with Crippen molar-refractivity contribution >= 4 is 28.2 Å². The van der Waals surface area contributed by atoms with Gasteiger partial charge in [-0.05, 0) is 25.0 Å². The van der Waals surface area contributed by atoms with E-state index >= 15 is 0 Å². The lowest BCUT2D eigenvalue weighted by molar-refractivity contribution is -0.144. The van der Waals surface area contributed by atoms with Gasteiger partial charge in [-0.15, -0.1) is 0 Å². The Morgan fingerprint density at radius 2 is 2.07 bits per heavy atom. The van der Waals surface area contributed by atoms with Crippen LogP contribution in [0.3, 0.4) is 0 Å². The Bertz CT molecular complexity index is 1310. The van der Waals surface area contributed by atoms with Gasteiger partial charge >= 0.3 is 11.7 Å². The Labute approximate surface area is 162 Å². The van der Waals surface area contributed by atoms with Crippen molar-refractivity contribution in [3.63, 3.8) is 0 Å². The first-order valence-corrected chi connectivity index (χ1v) is 9.36. The fourth-order valence-corrected chi connectivity index (χ4v) is 4.18. The SMILES string of the molecule is O=C(O)C1CCCCC1n1c(=O)[nH]c2cnc(-n3cnc4ccc(F)cc43)nc21. The lowest BCUT2D eigenvalue weighted by atomic mass is 9.84. The van der Waals surface area contributed by atoms with Gasteiger partial charge in [0.05, 0.1) is 29.2 Å². The van der Waals surface area contributed by atoms with Crippen LogP contribution in [-0.4, -0.2) is 40.1 Å². The number of carbonyl (C=O) groups is 1. The van der Waals surface area contributed by atoms with Gasteiger partial charge in [0, 0.05) is 6.07 Å². The molecule has 2 N–H and O–H groups in total. The van der Waals surface area contributed by atoms with E-state index in [1.165, 1.54) is 33.8 Å². The van der Waals surface area contributed by atoms with Crippen molar-refractivity contribution in [2.24, 2.45) is 5.92 Å². The molecule has 0 saturated heterocycles. The van der Waals surface area contributed by atoms with Gasteiger partial charge in [0.15, 0.2) is 5.65 Å². The number of aromatic nitrogens is 6. The molecule has 5 rings (SSSR count). The average Bonchev–Trinajstić information content (AvgIpc) is 3.27. The van der Waals surface area contributed by atoms with Crippen molar-refractivity contribution in [3.05, 3.63) is 47.0 Å². The molecule has 1 aromatic carbocycles. The number of aliphatic carboxylic acids is 1. The average molecular weight is 396 g/mol. The van der Waals surface area contributed by atoms with E-state index in [0.29, 0.717) is 35.0 Å². The molecule has 3 aromatic heterocycles. The van der Waals surface area contributed by atoms with Crippen LogP contribution in [0, 0.1) is 11.7 Å². The Balaban J connectivity index is 1.69. The van der Waals surface area contributed by atoms with Crippen LogP contribution in [0.2, 0.25) is 0 Å². The first-order valence-electron chi connectivity index (χ1n) is 9.36. The molecule has 10 heteroatoms. The highest BCUT2D eigenvalue weighted by Gasteiger charge is 2.34. The van der Waals surface area contributed by atoms with Crippen molar-refractivity contribution in [1.82, 2.24) is 29.1 Å². The Morgan fingerprint density at radius 1 is 1.24 bits per heavy atom. The number of nitrogens with zero attached hydrogens (tertiary/aromatic N) is 5. The summed E-state index contributed by atoms with van der Waals surface area (Å²) in [5.41, 5.74) is 1.42. The Morgan fingerprint density at radius 3 is 2.90 bits per heavy atom. The molecule has 0 amide bonds. The van der Waals surface area contributed by atoms with Crippen LogP contribution in [0.4, 0.5) is 4.39 Å². The summed E-state index contributed by atoms with van der Waals surface area (Å²) >= 11 is 0. The number of H-pyrrole nitrogens is 1. The zero-order valence-electron chi connectivity index (χ0n) is 15.2. The molecule has 0 spiro atoms. The molecule has 4 aromatic rings. The molecule has 0 aliphatic heterocycles. The quantitative estimate of drug-likeness (QED) is 0.549. The lowest BCUT2D eigenvalue weighted by Crippen LogP contribution is -2.34. The highest BCUT2D eigenvalue weighted by Crippen LogP contribution is 2.34. The Hall–Kier alpha value is -3.56. The molecule has 1 fully saturated rings. The fraction of sp³-hybridized carbons (Fsp3) is 0.316.